The molecule has 0 aromatic carbocycles. The first-order valence-corrected chi connectivity index (χ1v) is 6.17. The molecule has 0 atom stereocenters. The van der Waals surface area contributed by atoms with Gasteiger partial charge in [-0.15, -0.1) is 11.3 Å². The van der Waals surface area contributed by atoms with E-state index < -0.39 is 0 Å². The molecule has 82 valence electrons. The van der Waals surface area contributed by atoms with Crippen LogP contribution in [0.3, 0.4) is 0 Å². The van der Waals surface area contributed by atoms with Crippen molar-refractivity contribution in [2.24, 2.45) is 10.7 Å². The van der Waals surface area contributed by atoms with E-state index in [1.54, 1.807) is 11.3 Å². The lowest BCUT2D eigenvalue weighted by Crippen LogP contribution is -2.12. The molecule has 2 aliphatic rings. The average molecular weight is 231 g/mol. The molecule has 1 aliphatic heterocycles. The van der Waals surface area contributed by atoms with Gasteiger partial charge in [-0.25, -0.2) is 4.99 Å². The van der Waals surface area contributed by atoms with Crippen LogP contribution in [0.15, 0.2) is 34.6 Å². The van der Waals surface area contributed by atoms with Crippen molar-refractivity contribution in [1.82, 2.24) is 0 Å². The smallest absolute Gasteiger partial charge is 0.134 e. The fourth-order valence-electron chi connectivity index (χ4n) is 2.01. The number of hydrogen-bond donors (Lipinski definition) is 2. The number of aryl methyl sites for hydroxylation is 1. The van der Waals surface area contributed by atoms with Crippen LogP contribution in [-0.4, -0.2) is 5.84 Å². The van der Waals surface area contributed by atoms with Gasteiger partial charge in [0, 0.05) is 10.6 Å². The fraction of sp³-hybridized carbons (Fsp3) is 0.250. The molecule has 4 heteroatoms. The summed E-state index contributed by atoms with van der Waals surface area (Å²) in [6, 6.07) is 2.09. The normalized spacial score (nSPS) is 18.4. The molecule has 2 heterocycles. The van der Waals surface area contributed by atoms with E-state index in [0.717, 1.165) is 29.1 Å². The van der Waals surface area contributed by atoms with Crippen LogP contribution in [0.2, 0.25) is 0 Å². The molecule has 1 aliphatic carbocycles. The maximum Gasteiger partial charge on any atom is 0.134 e. The Morgan fingerprint density at radius 3 is 3.25 bits per heavy atom. The van der Waals surface area contributed by atoms with Crippen molar-refractivity contribution in [2.75, 3.05) is 5.32 Å². The summed E-state index contributed by atoms with van der Waals surface area (Å²) in [6.45, 7) is 2.09. The van der Waals surface area contributed by atoms with E-state index in [4.69, 9.17) is 5.73 Å². The molecule has 0 fully saturated rings. The lowest BCUT2D eigenvalue weighted by atomic mass is 10.1. The molecular formula is C12H13N3S. The van der Waals surface area contributed by atoms with Gasteiger partial charge >= 0.3 is 0 Å². The maximum atomic E-state index is 6.02. The highest BCUT2D eigenvalue weighted by Crippen LogP contribution is 2.33. The predicted molar refractivity (Wildman–Crippen MR) is 68.8 cm³/mol. The quantitative estimate of drug-likeness (QED) is 0.721. The van der Waals surface area contributed by atoms with Crippen LogP contribution in [0.5, 0.6) is 0 Å². The highest BCUT2D eigenvalue weighted by molar-refractivity contribution is 7.16. The lowest BCUT2D eigenvalue weighted by molar-refractivity contribution is 0.942. The van der Waals surface area contributed by atoms with Gasteiger partial charge < -0.3 is 11.1 Å². The van der Waals surface area contributed by atoms with E-state index in [-0.39, 0.29) is 0 Å². The topological polar surface area (TPSA) is 50.4 Å². The minimum atomic E-state index is 0.614. The van der Waals surface area contributed by atoms with Crippen LogP contribution in [0.4, 0.5) is 5.00 Å². The molecule has 3 rings (SSSR count). The van der Waals surface area contributed by atoms with Gasteiger partial charge in [-0.05, 0) is 31.9 Å². The van der Waals surface area contributed by atoms with E-state index >= 15 is 0 Å². The van der Waals surface area contributed by atoms with E-state index in [0.29, 0.717) is 5.84 Å². The predicted octanol–water partition coefficient (Wildman–Crippen LogP) is 2.75. The molecule has 0 amide bonds. The summed E-state index contributed by atoms with van der Waals surface area (Å²) in [5.41, 5.74) is 9.21. The largest absolute Gasteiger partial charge is 0.383 e. The Kier molecular flexibility index (Phi) is 2.11. The zero-order chi connectivity index (χ0) is 11.1. The third kappa shape index (κ3) is 1.46. The number of thiophene rings is 1. The highest BCUT2D eigenvalue weighted by Gasteiger charge is 2.18. The van der Waals surface area contributed by atoms with Crippen molar-refractivity contribution in [2.45, 2.75) is 19.8 Å². The van der Waals surface area contributed by atoms with Gasteiger partial charge in [0.15, 0.2) is 0 Å². The maximum absolute atomic E-state index is 6.02. The second-order valence-electron chi connectivity index (χ2n) is 4.03. The van der Waals surface area contributed by atoms with Crippen LogP contribution in [0.25, 0.3) is 0 Å². The number of nitrogens with zero attached hydrogens (tertiary/aromatic N) is 1. The Labute approximate surface area is 98.4 Å². The van der Waals surface area contributed by atoms with E-state index in [1.807, 2.05) is 6.08 Å². The summed E-state index contributed by atoms with van der Waals surface area (Å²) in [7, 11) is 0. The molecule has 3 nitrogen and oxygen atoms in total. The van der Waals surface area contributed by atoms with Gasteiger partial charge in [0.1, 0.15) is 10.8 Å². The van der Waals surface area contributed by atoms with Crippen LogP contribution >= 0.6 is 11.3 Å². The van der Waals surface area contributed by atoms with Crippen LogP contribution < -0.4 is 11.1 Å². The molecule has 0 bridgehead atoms. The second kappa shape index (κ2) is 3.49. The third-order valence-corrected chi connectivity index (χ3v) is 3.75. The van der Waals surface area contributed by atoms with Gasteiger partial charge in [-0.2, -0.15) is 0 Å². The lowest BCUT2D eigenvalue weighted by Gasteiger charge is -2.12. The number of allylic oxidation sites excluding steroid dienone is 3. The van der Waals surface area contributed by atoms with Crippen molar-refractivity contribution in [3.8, 4) is 0 Å². The summed E-state index contributed by atoms with van der Waals surface area (Å²) in [4.78, 5) is 5.74. The van der Waals surface area contributed by atoms with Crippen LogP contribution in [0.1, 0.15) is 23.3 Å². The molecule has 0 spiro atoms. The van der Waals surface area contributed by atoms with Crippen molar-refractivity contribution < 1.29 is 0 Å². The van der Waals surface area contributed by atoms with Crippen molar-refractivity contribution in [1.29, 1.82) is 0 Å². The molecule has 0 saturated heterocycles. The first kappa shape index (κ1) is 9.66. The molecule has 1 aromatic rings. The number of nitrogens with two attached hydrogens (primary N) is 1. The van der Waals surface area contributed by atoms with Gasteiger partial charge in [-0.1, -0.05) is 6.08 Å². The van der Waals surface area contributed by atoms with E-state index in [2.05, 4.69) is 29.4 Å². The number of hydrogen-bond acceptors (Lipinski definition) is 4. The Balaban J connectivity index is 2.14. The number of fused-ring (bicyclic) bond motifs is 1. The minimum Gasteiger partial charge on any atom is -0.383 e. The Morgan fingerprint density at radius 1 is 1.50 bits per heavy atom. The summed E-state index contributed by atoms with van der Waals surface area (Å²) in [6.07, 6.45) is 6.27. The first-order chi connectivity index (χ1) is 7.74. The minimum absolute atomic E-state index is 0.614. The Hall–Kier alpha value is -1.55. The van der Waals surface area contributed by atoms with Gasteiger partial charge in [0.2, 0.25) is 0 Å². The molecule has 0 saturated carbocycles. The van der Waals surface area contributed by atoms with Crippen LogP contribution in [0, 0.1) is 6.92 Å². The SMILES string of the molecule is Cc1cc2c(s1)NC1=C(C=CCC1)N=C2N. The number of aliphatic imine (C=N–C) groups is 1. The standard InChI is InChI=1S/C12H13N3S/c1-7-6-8-11(13)14-9-4-2-3-5-10(9)15-12(8)16-7/h2,4,6,15H,3,5H2,1H3,(H2,13,14). The summed E-state index contributed by atoms with van der Waals surface area (Å²) in [5, 5.41) is 4.59. The number of anilines is 1. The molecule has 0 unspecified atom stereocenters. The van der Waals surface area contributed by atoms with Crippen molar-refractivity contribution in [3.63, 3.8) is 0 Å². The summed E-state index contributed by atoms with van der Waals surface area (Å²) >= 11 is 1.73. The zero-order valence-electron chi connectivity index (χ0n) is 9.08. The highest BCUT2D eigenvalue weighted by atomic mass is 32.1. The second-order valence-corrected chi connectivity index (χ2v) is 5.28. The van der Waals surface area contributed by atoms with E-state index in [9.17, 15) is 0 Å². The van der Waals surface area contributed by atoms with Gasteiger partial charge in [0.25, 0.3) is 0 Å². The zero-order valence-corrected chi connectivity index (χ0v) is 9.90. The Morgan fingerprint density at radius 2 is 2.38 bits per heavy atom. The van der Waals surface area contributed by atoms with E-state index in [1.165, 1.54) is 10.6 Å². The molecule has 3 N–H and O–H groups in total. The molecule has 1 aromatic heterocycles. The number of rotatable bonds is 0. The summed E-state index contributed by atoms with van der Waals surface area (Å²) < 4.78 is 0. The molecular weight excluding hydrogens is 218 g/mol. The van der Waals surface area contributed by atoms with Crippen molar-refractivity contribution >= 4 is 22.2 Å². The van der Waals surface area contributed by atoms with Gasteiger partial charge in [0.05, 0.1) is 11.3 Å². The third-order valence-electron chi connectivity index (χ3n) is 2.78. The monoisotopic (exact) mass is 231 g/mol. The fourth-order valence-corrected chi connectivity index (χ4v) is 2.95. The van der Waals surface area contributed by atoms with Gasteiger partial charge in [-0.3, -0.25) is 0 Å². The first-order valence-electron chi connectivity index (χ1n) is 5.36. The molecule has 16 heavy (non-hydrogen) atoms. The van der Waals surface area contributed by atoms with Crippen LogP contribution in [-0.2, 0) is 0 Å². The number of amidine groups is 1. The Bertz CT molecular complexity index is 534. The molecule has 0 radical (unpaired) electrons. The average Bonchev–Trinajstić information content (AvgIpc) is 2.57. The summed E-state index contributed by atoms with van der Waals surface area (Å²) in [5.74, 6) is 0.614. The number of nitrogens with one attached hydrogen (secondary N) is 1. The van der Waals surface area contributed by atoms with Crippen molar-refractivity contribution in [3.05, 3.63) is 40.1 Å².